The van der Waals surface area contributed by atoms with E-state index in [4.69, 9.17) is 9.47 Å². The number of nitrogens with zero attached hydrogens (tertiary/aromatic N) is 2. The lowest BCUT2D eigenvalue weighted by atomic mass is 10.0. The second-order valence-electron chi connectivity index (χ2n) is 8.80. The lowest BCUT2D eigenvalue weighted by Crippen LogP contribution is -2.73. The fourth-order valence-corrected chi connectivity index (χ4v) is 7.03. The first kappa shape index (κ1) is 28.9. The molecular weight excluding hydrogens is 576 g/mol. The van der Waals surface area contributed by atoms with Crippen LogP contribution < -0.4 is 10.6 Å². The van der Waals surface area contributed by atoms with Gasteiger partial charge in [-0.15, -0.1) is 23.5 Å². The molecule has 0 aromatic heterocycles. The number of ether oxygens (including phenoxy) is 2. The average molecular weight is 599 g/mol. The predicted molar refractivity (Wildman–Crippen MR) is 133 cm³/mol. The number of hydrogen-bond acceptors (Lipinski definition) is 12. The Kier molecular flexibility index (Phi) is 8.10. The van der Waals surface area contributed by atoms with Gasteiger partial charge in [-0.05, 0) is 0 Å². The van der Waals surface area contributed by atoms with Crippen LogP contribution in [-0.2, 0) is 47.8 Å². The van der Waals surface area contributed by atoms with Gasteiger partial charge in [0.05, 0.1) is 0 Å². The van der Waals surface area contributed by atoms with Gasteiger partial charge in [-0.2, -0.15) is 0 Å². The second-order valence-corrected chi connectivity index (χ2v) is 11.0. The number of nitrogens with one attached hydrogen (secondary N) is 2. The standard InChI is InChI=1S/C22H22N4O12S2/c1-7(27)37-3-9-5-39-19-11(17(31)25(19)13(9)21(33)34)23-15(29)16(30)24-12-18(32)26-14(22(35)36)10(4-38-8(2)28)6-40-20(12)26/h11-12,19-20H,3-6H2,1-2H3,(H,23,29)(H,24,30)(H,33,34)(H,35,36)/t11-,12-,19-,20-/m1/s1. The van der Waals surface area contributed by atoms with Crippen LogP contribution in [0.25, 0.3) is 0 Å². The highest BCUT2D eigenvalue weighted by Gasteiger charge is 2.56. The Bertz CT molecular complexity index is 1210. The van der Waals surface area contributed by atoms with Gasteiger partial charge in [-0.1, -0.05) is 0 Å². The van der Waals surface area contributed by atoms with Crippen molar-refractivity contribution in [3.63, 3.8) is 0 Å². The minimum absolute atomic E-state index is 0.0894. The largest absolute Gasteiger partial charge is 0.477 e. The molecule has 4 aliphatic rings. The van der Waals surface area contributed by atoms with E-state index in [-0.39, 0.29) is 47.3 Å². The van der Waals surface area contributed by atoms with Crippen LogP contribution in [0.3, 0.4) is 0 Å². The monoisotopic (exact) mass is 598 g/mol. The normalized spacial score (nSPS) is 25.1. The number of rotatable bonds is 8. The van der Waals surface area contributed by atoms with Crippen LogP contribution in [-0.4, -0.2) is 115 Å². The second kappa shape index (κ2) is 11.2. The topological polar surface area (TPSA) is 226 Å². The first-order chi connectivity index (χ1) is 18.8. The molecule has 0 aromatic carbocycles. The van der Waals surface area contributed by atoms with Gasteiger partial charge in [0.25, 0.3) is 11.8 Å². The number of carbonyl (C=O) groups is 8. The van der Waals surface area contributed by atoms with E-state index in [1.54, 1.807) is 0 Å². The summed E-state index contributed by atoms with van der Waals surface area (Å²) in [4.78, 5) is 98.2. The highest BCUT2D eigenvalue weighted by molar-refractivity contribution is 8.00. The van der Waals surface area contributed by atoms with Crippen molar-refractivity contribution >= 4 is 71.0 Å². The van der Waals surface area contributed by atoms with E-state index < -0.39 is 70.3 Å². The molecule has 0 bridgehead atoms. The molecule has 0 aliphatic carbocycles. The number of carboxylic acids is 2. The van der Waals surface area contributed by atoms with Crippen LogP contribution in [0.1, 0.15) is 13.8 Å². The quantitative estimate of drug-likeness (QED) is 0.130. The molecule has 4 heterocycles. The van der Waals surface area contributed by atoms with Crippen molar-refractivity contribution in [2.24, 2.45) is 0 Å². The molecule has 4 amide bonds. The number of hydrogen-bond donors (Lipinski definition) is 4. The third kappa shape index (κ3) is 5.23. The first-order valence-corrected chi connectivity index (χ1v) is 13.6. The Labute approximate surface area is 233 Å². The molecule has 2 saturated heterocycles. The minimum Gasteiger partial charge on any atom is -0.477 e. The molecular formula is C22H22N4O12S2. The maximum atomic E-state index is 12.7. The summed E-state index contributed by atoms with van der Waals surface area (Å²) >= 11 is 2.21. The first-order valence-electron chi connectivity index (χ1n) is 11.5. The van der Waals surface area contributed by atoms with E-state index >= 15 is 0 Å². The zero-order valence-electron chi connectivity index (χ0n) is 20.8. The Balaban J connectivity index is 1.38. The maximum absolute atomic E-state index is 12.7. The number of carboxylic acid groups (broad SMARTS) is 2. The third-order valence-corrected chi connectivity index (χ3v) is 8.86. The van der Waals surface area contributed by atoms with Gasteiger partial charge in [0.15, 0.2) is 0 Å². The molecule has 16 nitrogen and oxygen atoms in total. The van der Waals surface area contributed by atoms with Crippen molar-refractivity contribution in [1.29, 1.82) is 0 Å². The minimum atomic E-state index is -1.42. The van der Waals surface area contributed by atoms with Gasteiger partial charge in [-0.3, -0.25) is 38.6 Å². The highest BCUT2D eigenvalue weighted by Crippen LogP contribution is 2.41. The van der Waals surface area contributed by atoms with Crippen molar-refractivity contribution in [3.8, 4) is 0 Å². The molecule has 214 valence electrons. The van der Waals surface area contributed by atoms with E-state index in [2.05, 4.69) is 10.6 Å². The van der Waals surface area contributed by atoms with Crippen molar-refractivity contribution in [2.45, 2.75) is 36.7 Å². The van der Waals surface area contributed by atoms with Crippen molar-refractivity contribution in [2.75, 3.05) is 24.7 Å². The highest BCUT2D eigenvalue weighted by atomic mass is 32.2. The van der Waals surface area contributed by atoms with Gasteiger partial charge in [-0.25, -0.2) is 9.59 Å². The number of carbonyl (C=O) groups excluding carboxylic acids is 6. The lowest BCUT2D eigenvalue weighted by Gasteiger charge is -2.50. The van der Waals surface area contributed by atoms with Crippen molar-refractivity contribution < 1.29 is 58.0 Å². The summed E-state index contributed by atoms with van der Waals surface area (Å²) in [5.74, 6) is -8.01. The van der Waals surface area contributed by atoms with Gasteiger partial charge in [0.1, 0.15) is 47.4 Å². The number of β-lactam (4-membered cyclic amide) rings is 2. The summed E-state index contributed by atoms with van der Waals surface area (Å²) in [7, 11) is 0. The number of esters is 2. The molecule has 4 atom stereocenters. The van der Waals surface area contributed by atoms with Crippen molar-refractivity contribution in [3.05, 3.63) is 22.5 Å². The van der Waals surface area contributed by atoms with Crippen LogP contribution in [0.5, 0.6) is 0 Å². The van der Waals surface area contributed by atoms with Crippen LogP contribution in [0.4, 0.5) is 0 Å². The molecule has 0 unspecified atom stereocenters. The Morgan fingerprint density at radius 2 is 1.10 bits per heavy atom. The summed E-state index contributed by atoms with van der Waals surface area (Å²) < 4.78 is 9.70. The van der Waals surface area contributed by atoms with Crippen LogP contribution in [0.15, 0.2) is 22.5 Å². The predicted octanol–water partition coefficient (Wildman–Crippen LogP) is -2.41. The summed E-state index contributed by atoms with van der Waals surface area (Å²) in [6.07, 6.45) is 0. The average Bonchev–Trinajstić information content (AvgIpc) is 2.90. The summed E-state index contributed by atoms with van der Waals surface area (Å²) in [5.41, 5.74) is -0.336. The zero-order chi connectivity index (χ0) is 29.5. The van der Waals surface area contributed by atoms with Gasteiger partial charge < -0.3 is 30.3 Å². The molecule has 0 saturated carbocycles. The van der Waals surface area contributed by atoms with Gasteiger partial charge >= 0.3 is 35.7 Å². The number of thioether (sulfide) groups is 2. The van der Waals surface area contributed by atoms with Crippen LogP contribution in [0, 0.1) is 0 Å². The van der Waals surface area contributed by atoms with Gasteiger partial charge in [0, 0.05) is 36.5 Å². The summed E-state index contributed by atoms with van der Waals surface area (Å²) in [6.45, 7) is 1.65. The molecule has 4 N–H and O–H groups in total. The molecule has 0 radical (unpaired) electrons. The Hall–Kier alpha value is -4.06. The fraction of sp³-hybridized carbons (Fsp3) is 0.455. The summed E-state index contributed by atoms with van der Waals surface area (Å²) in [5, 5.41) is 22.0. The molecule has 0 aromatic rings. The van der Waals surface area contributed by atoms with E-state index in [1.807, 2.05) is 0 Å². The zero-order valence-corrected chi connectivity index (χ0v) is 22.5. The molecule has 4 aliphatic heterocycles. The van der Waals surface area contributed by atoms with Crippen LogP contribution in [0.2, 0.25) is 0 Å². The molecule has 2 fully saturated rings. The third-order valence-electron chi connectivity index (χ3n) is 6.18. The van der Waals surface area contributed by atoms with E-state index in [9.17, 15) is 48.6 Å². The Morgan fingerprint density at radius 1 is 0.750 bits per heavy atom. The summed E-state index contributed by atoms with van der Waals surface area (Å²) in [6, 6.07) is -2.45. The Morgan fingerprint density at radius 3 is 1.40 bits per heavy atom. The van der Waals surface area contributed by atoms with E-state index in [0.29, 0.717) is 0 Å². The molecule has 0 spiro atoms. The van der Waals surface area contributed by atoms with E-state index in [1.165, 1.54) is 0 Å². The number of amides is 4. The number of aliphatic carboxylic acids is 2. The fourth-order valence-electron chi connectivity index (χ4n) is 4.38. The molecule has 18 heteroatoms. The van der Waals surface area contributed by atoms with E-state index in [0.717, 1.165) is 47.2 Å². The molecule has 40 heavy (non-hydrogen) atoms. The van der Waals surface area contributed by atoms with Crippen LogP contribution >= 0.6 is 23.5 Å². The molecule has 4 rings (SSSR count). The number of fused-ring (bicyclic) bond motifs is 2. The van der Waals surface area contributed by atoms with Gasteiger partial charge in [0.2, 0.25) is 0 Å². The maximum Gasteiger partial charge on any atom is 0.352 e. The SMILES string of the molecule is CC(=O)OCC1=C(C(=O)O)N2C(=O)[C@@H](NC(=O)C(=O)N[C@@H]3C(=O)N4C(C(=O)O)=C(COC(C)=O)CS[C@H]34)[C@H]2SC1. The smallest absolute Gasteiger partial charge is 0.352 e. The van der Waals surface area contributed by atoms with Crippen molar-refractivity contribution in [1.82, 2.24) is 20.4 Å². The lowest BCUT2D eigenvalue weighted by molar-refractivity contribution is -0.154.